The van der Waals surface area contributed by atoms with Crippen molar-refractivity contribution in [2.75, 3.05) is 19.7 Å². The third-order valence-electron chi connectivity index (χ3n) is 4.80. The number of carbonyl (C=O) groups is 1. The van der Waals surface area contributed by atoms with Gasteiger partial charge in [0.2, 0.25) is 0 Å². The van der Waals surface area contributed by atoms with E-state index in [1.165, 1.54) is 27.7 Å². The van der Waals surface area contributed by atoms with Crippen molar-refractivity contribution in [3.8, 4) is 0 Å². The summed E-state index contributed by atoms with van der Waals surface area (Å²) in [5, 5.41) is 9.42. The van der Waals surface area contributed by atoms with Crippen LogP contribution in [0.1, 0.15) is 17.2 Å². The molecule has 2 atom stereocenters. The highest BCUT2D eigenvalue weighted by molar-refractivity contribution is 7.80. The largest absolute Gasteiger partial charge is 0.465 e. The first-order chi connectivity index (χ1) is 13.8. The van der Waals surface area contributed by atoms with Gasteiger partial charge in [-0.2, -0.15) is 0 Å². The molecule has 0 spiro atoms. The molecule has 1 aliphatic rings. The third kappa shape index (κ3) is 4.75. The molecule has 1 amide bonds. The molecule has 2 heterocycles. The van der Waals surface area contributed by atoms with Crippen LogP contribution in [0.15, 0.2) is 41.3 Å². The first-order valence-electron chi connectivity index (χ1n) is 8.81. The van der Waals surface area contributed by atoms with Crippen molar-refractivity contribution in [2.45, 2.75) is 12.6 Å². The molecule has 0 bridgehead atoms. The van der Waals surface area contributed by atoms with E-state index in [1.807, 2.05) is 0 Å². The van der Waals surface area contributed by atoms with Crippen LogP contribution in [0.2, 0.25) is 5.02 Å². The van der Waals surface area contributed by atoms with Gasteiger partial charge in [-0.05, 0) is 29.8 Å². The van der Waals surface area contributed by atoms with Crippen LogP contribution in [0, 0.1) is 11.7 Å². The van der Waals surface area contributed by atoms with E-state index in [-0.39, 0.29) is 47.4 Å². The summed E-state index contributed by atoms with van der Waals surface area (Å²) in [6.45, 7) is 0.543. The van der Waals surface area contributed by atoms with E-state index in [0.29, 0.717) is 5.56 Å². The number of carboxylic acid groups (broad SMARTS) is 1. The number of nitrogens with zero attached hydrogens (tertiary/aromatic N) is 2. The average Bonchev–Trinajstić information content (AvgIpc) is 2.88. The van der Waals surface area contributed by atoms with Crippen LogP contribution in [-0.4, -0.2) is 45.4 Å². The van der Waals surface area contributed by atoms with E-state index >= 15 is 0 Å². The van der Waals surface area contributed by atoms with Gasteiger partial charge in [0.25, 0.3) is 5.56 Å². The van der Waals surface area contributed by atoms with Gasteiger partial charge >= 0.3 is 6.09 Å². The number of amides is 1. The van der Waals surface area contributed by atoms with Crippen LogP contribution in [-0.2, 0) is 11.3 Å². The summed E-state index contributed by atoms with van der Waals surface area (Å²) in [7, 11) is 0. The number of nitrogens with two attached hydrogens (primary N) is 1. The number of ether oxygens (including phenoxy) is 1. The molecule has 29 heavy (non-hydrogen) atoms. The van der Waals surface area contributed by atoms with E-state index in [9.17, 15) is 19.1 Å². The van der Waals surface area contributed by atoms with Gasteiger partial charge in [-0.15, -0.1) is 0 Å². The van der Waals surface area contributed by atoms with Gasteiger partial charge in [-0.1, -0.05) is 29.9 Å². The summed E-state index contributed by atoms with van der Waals surface area (Å²) in [5.74, 6) is -1.06. The molecular formula is C19H19ClFN3O4S. The standard InChI is InChI=1S/C19H19ClFN3O4S/c20-14-4-3-11(8-15(14)21)16-12(10-24(19(26)27)6-7-28-16)9-23-5-1-2-13(17(22)29)18(23)25/h1-5,8,12,16H,6-7,9-10H2,(H2,22,29)(H,26,27)/t12-,16+/m1/s1. The fraction of sp³-hybridized carbons (Fsp3) is 0.316. The molecule has 1 fully saturated rings. The Balaban J connectivity index is 2.00. The number of aromatic nitrogens is 1. The summed E-state index contributed by atoms with van der Waals surface area (Å²) >= 11 is 10.7. The van der Waals surface area contributed by atoms with Gasteiger partial charge in [-0.3, -0.25) is 4.79 Å². The van der Waals surface area contributed by atoms with Crippen LogP contribution >= 0.6 is 23.8 Å². The summed E-state index contributed by atoms with van der Waals surface area (Å²) in [6, 6.07) is 7.49. The molecule has 3 N–H and O–H groups in total. The molecule has 3 rings (SSSR count). The van der Waals surface area contributed by atoms with Gasteiger partial charge in [-0.25, -0.2) is 9.18 Å². The molecule has 1 aromatic heterocycles. The SMILES string of the molecule is NC(=S)c1cccn(C[C@@H]2CN(C(=O)O)CCO[C@H]2c2ccc(Cl)c(F)c2)c1=O. The summed E-state index contributed by atoms with van der Waals surface area (Å²) in [5.41, 5.74) is 5.94. The van der Waals surface area contributed by atoms with Gasteiger partial charge < -0.3 is 25.0 Å². The van der Waals surface area contributed by atoms with E-state index in [0.717, 1.165) is 0 Å². The maximum atomic E-state index is 14.0. The van der Waals surface area contributed by atoms with Crippen molar-refractivity contribution >= 4 is 34.9 Å². The maximum Gasteiger partial charge on any atom is 0.407 e. The van der Waals surface area contributed by atoms with Gasteiger partial charge in [0, 0.05) is 31.7 Å². The molecule has 154 valence electrons. The molecule has 0 unspecified atom stereocenters. The number of thiocarbonyl (C=S) groups is 1. The molecule has 1 aromatic carbocycles. The fourth-order valence-corrected chi connectivity index (χ4v) is 3.67. The van der Waals surface area contributed by atoms with Crippen LogP contribution in [0.25, 0.3) is 0 Å². The maximum absolute atomic E-state index is 14.0. The summed E-state index contributed by atoms with van der Waals surface area (Å²) in [4.78, 5) is 25.4. The van der Waals surface area contributed by atoms with Gasteiger partial charge in [0.1, 0.15) is 10.8 Å². The minimum atomic E-state index is -1.09. The molecule has 0 radical (unpaired) electrons. The highest BCUT2D eigenvalue weighted by atomic mass is 35.5. The Morgan fingerprint density at radius 1 is 1.41 bits per heavy atom. The monoisotopic (exact) mass is 439 g/mol. The molecule has 0 saturated carbocycles. The number of benzene rings is 1. The number of rotatable bonds is 4. The Kier molecular flexibility index (Phi) is 6.51. The Bertz CT molecular complexity index is 1000. The van der Waals surface area contributed by atoms with Crippen molar-refractivity contribution in [3.05, 3.63) is 68.8 Å². The molecule has 10 heteroatoms. The Morgan fingerprint density at radius 2 is 2.17 bits per heavy atom. The van der Waals surface area contributed by atoms with E-state index in [1.54, 1.807) is 18.3 Å². The minimum Gasteiger partial charge on any atom is -0.465 e. The van der Waals surface area contributed by atoms with Gasteiger partial charge in [0.05, 0.1) is 23.3 Å². The molecule has 1 saturated heterocycles. The lowest BCUT2D eigenvalue weighted by Crippen LogP contribution is -2.38. The summed E-state index contributed by atoms with van der Waals surface area (Å²) in [6.07, 6.45) is -0.156. The Labute approximate surface area is 176 Å². The van der Waals surface area contributed by atoms with Gasteiger partial charge in [0.15, 0.2) is 0 Å². The second kappa shape index (κ2) is 8.89. The van der Waals surface area contributed by atoms with Crippen molar-refractivity contribution in [3.63, 3.8) is 0 Å². The summed E-state index contributed by atoms with van der Waals surface area (Å²) < 4.78 is 21.3. The first-order valence-corrected chi connectivity index (χ1v) is 9.60. The zero-order valence-electron chi connectivity index (χ0n) is 15.3. The van der Waals surface area contributed by atoms with Crippen LogP contribution in [0.3, 0.4) is 0 Å². The van der Waals surface area contributed by atoms with Crippen LogP contribution in [0.4, 0.5) is 9.18 Å². The first kappa shape index (κ1) is 21.2. The van der Waals surface area contributed by atoms with Crippen molar-refractivity contribution in [2.24, 2.45) is 11.7 Å². The van der Waals surface area contributed by atoms with Crippen molar-refractivity contribution in [1.29, 1.82) is 0 Å². The molecule has 2 aromatic rings. The number of halogens is 2. The van der Waals surface area contributed by atoms with Crippen LogP contribution in [0.5, 0.6) is 0 Å². The fourth-order valence-electron chi connectivity index (χ4n) is 3.40. The Hall–Kier alpha value is -2.49. The number of hydrogen-bond acceptors (Lipinski definition) is 4. The van der Waals surface area contributed by atoms with Crippen molar-refractivity contribution < 1.29 is 19.0 Å². The average molecular weight is 440 g/mol. The quantitative estimate of drug-likeness (QED) is 0.711. The second-order valence-electron chi connectivity index (χ2n) is 6.70. The van der Waals surface area contributed by atoms with E-state index < -0.39 is 23.9 Å². The third-order valence-corrected chi connectivity index (χ3v) is 5.33. The molecule has 7 nitrogen and oxygen atoms in total. The van der Waals surface area contributed by atoms with E-state index in [4.69, 9.17) is 34.3 Å². The number of hydrogen-bond donors (Lipinski definition) is 2. The van der Waals surface area contributed by atoms with Crippen molar-refractivity contribution in [1.82, 2.24) is 9.47 Å². The second-order valence-corrected chi connectivity index (χ2v) is 7.54. The lowest BCUT2D eigenvalue weighted by molar-refractivity contribution is 0.0249. The molecular weight excluding hydrogens is 421 g/mol. The van der Waals surface area contributed by atoms with E-state index in [2.05, 4.69) is 0 Å². The topological polar surface area (TPSA) is 97.8 Å². The Morgan fingerprint density at radius 3 is 2.83 bits per heavy atom. The smallest absolute Gasteiger partial charge is 0.407 e. The molecule has 1 aliphatic heterocycles. The molecule has 0 aliphatic carbocycles. The van der Waals surface area contributed by atoms with Crippen LogP contribution < -0.4 is 11.3 Å². The zero-order valence-corrected chi connectivity index (χ0v) is 16.8. The highest BCUT2D eigenvalue weighted by Crippen LogP contribution is 2.32. The predicted molar refractivity (Wildman–Crippen MR) is 110 cm³/mol. The lowest BCUT2D eigenvalue weighted by Gasteiger charge is -2.27. The lowest BCUT2D eigenvalue weighted by atomic mass is 9.94. The number of pyridine rings is 1. The predicted octanol–water partition coefficient (Wildman–Crippen LogP) is 2.64. The highest BCUT2D eigenvalue weighted by Gasteiger charge is 2.32. The normalized spacial score (nSPS) is 19.6. The minimum absolute atomic E-state index is 0.0218. The zero-order chi connectivity index (χ0) is 21.1.